The monoisotopic (exact) mass is 272 g/mol. The van der Waals surface area contributed by atoms with E-state index in [0.717, 1.165) is 23.2 Å². The number of nitrogens with one attached hydrogen (secondary N) is 2. The highest BCUT2D eigenvalue weighted by Crippen LogP contribution is 2.18. The Bertz CT molecular complexity index is 634. The normalized spacial score (nSPS) is 11.0. The predicted molar refractivity (Wildman–Crippen MR) is 79.4 cm³/mol. The summed E-state index contributed by atoms with van der Waals surface area (Å²) < 4.78 is 0. The van der Waals surface area contributed by atoms with Crippen molar-refractivity contribution in [3.63, 3.8) is 0 Å². The second-order valence-corrected chi connectivity index (χ2v) is 5.01. The van der Waals surface area contributed by atoms with E-state index in [2.05, 4.69) is 41.0 Å². The van der Waals surface area contributed by atoms with Crippen LogP contribution in [0.3, 0.4) is 0 Å². The number of hydrogen-bond acceptors (Lipinski definition) is 4. The average molecular weight is 272 g/mol. The molecular weight excluding hydrogens is 252 g/mol. The summed E-state index contributed by atoms with van der Waals surface area (Å²) in [4.78, 5) is 23.2. The first-order chi connectivity index (χ1) is 9.60. The Morgan fingerprint density at radius 1 is 1.40 bits per heavy atom. The summed E-state index contributed by atoms with van der Waals surface area (Å²) >= 11 is 0. The lowest BCUT2D eigenvalue weighted by Crippen LogP contribution is -2.24. The molecule has 2 aromatic heterocycles. The molecule has 0 aromatic carbocycles. The van der Waals surface area contributed by atoms with Crippen molar-refractivity contribution in [2.75, 3.05) is 0 Å². The average Bonchev–Trinajstić information content (AvgIpc) is 2.44. The van der Waals surface area contributed by atoms with Crippen molar-refractivity contribution >= 4 is 0 Å². The summed E-state index contributed by atoms with van der Waals surface area (Å²) in [6.07, 6.45) is 4.38. The molecule has 5 heteroatoms. The van der Waals surface area contributed by atoms with Crippen molar-refractivity contribution in [1.82, 2.24) is 20.3 Å². The van der Waals surface area contributed by atoms with Gasteiger partial charge in [0.2, 0.25) is 0 Å². The van der Waals surface area contributed by atoms with E-state index < -0.39 is 0 Å². The largest absolute Gasteiger partial charge is 0.309 e. The molecule has 2 aromatic rings. The van der Waals surface area contributed by atoms with Gasteiger partial charge >= 0.3 is 0 Å². The lowest BCUT2D eigenvalue weighted by molar-refractivity contribution is 0.580. The summed E-state index contributed by atoms with van der Waals surface area (Å²) in [5.41, 5.74) is 2.63. The third kappa shape index (κ3) is 3.51. The van der Waals surface area contributed by atoms with Crippen molar-refractivity contribution in [3.8, 4) is 11.4 Å². The number of pyridine rings is 1. The van der Waals surface area contributed by atoms with Crippen molar-refractivity contribution in [2.45, 2.75) is 39.8 Å². The first kappa shape index (κ1) is 14.4. The van der Waals surface area contributed by atoms with Crippen LogP contribution in [0.25, 0.3) is 11.4 Å². The molecule has 2 heterocycles. The Kier molecular flexibility index (Phi) is 4.63. The molecule has 0 spiro atoms. The lowest BCUT2D eigenvalue weighted by atomic mass is 10.1. The third-order valence-corrected chi connectivity index (χ3v) is 3.03. The van der Waals surface area contributed by atoms with Gasteiger partial charge in [-0.1, -0.05) is 20.8 Å². The van der Waals surface area contributed by atoms with E-state index in [1.165, 1.54) is 6.07 Å². The van der Waals surface area contributed by atoms with E-state index in [9.17, 15) is 4.79 Å². The zero-order chi connectivity index (χ0) is 14.5. The van der Waals surface area contributed by atoms with Crippen molar-refractivity contribution in [2.24, 2.45) is 0 Å². The van der Waals surface area contributed by atoms with E-state index >= 15 is 0 Å². The summed E-state index contributed by atoms with van der Waals surface area (Å²) in [6.45, 7) is 6.77. The number of aromatic amines is 1. The number of nitrogens with zero attached hydrogens (tertiary/aromatic N) is 2. The van der Waals surface area contributed by atoms with Gasteiger partial charge in [-0.25, -0.2) is 4.98 Å². The Labute approximate surface area is 118 Å². The van der Waals surface area contributed by atoms with Gasteiger partial charge in [-0.2, -0.15) is 0 Å². The van der Waals surface area contributed by atoms with Crippen LogP contribution in [-0.4, -0.2) is 21.0 Å². The highest BCUT2D eigenvalue weighted by Gasteiger charge is 2.08. The molecule has 0 atom stereocenters. The molecule has 0 unspecified atom stereocenters. The Morgan fingerprint density at radius 3 is 2.90 bits per heavy atom. The predicted octanol–water partition coefficient (Wildman–Crippen LogP) is 1.89. The molecular formula is C15H20N4O. The molecule has 0 bridgehead atoms. The van der Waals surface area contributed by atoms with Crippen molar-refractivity contribution in [1.29, 1.82) is 0 Å². The third-order valence-electron chi connectivity index (χ3n) is 3.03. The van der Waals surface area contributed by atoms with Gasteiger partial charge in [-0.15, -0.1) is 0 Å². The highest BCUT2D eigenvalue weighted by molar-refractivity contribution is 5.59. The fraction of sp³-hybridized carbons (Fsp3) is 0.400. The molecule has 0 aliphatic heterocycles. The van der Waals surface area contributed by atoms with Gasteiger partial charge in [0.1, 0.15) is 5.82 Å². The van der Waals surface area contributed by atoms with Crippen LogP contribution in [-0.2, 0) is 13.0 Å². The van der Waals surface area contributed by atoms with Crippen LogP contribution < -0.4 is 10.9 Å². The van der Waals surface area contributed by atoms with E-state index in [4.69, 9.17) is 0 Å². The molecule has 0 amide bonds. The molecule has 0 aliphatic carbocycles. The summed E-state index contributed by atoms with van der Waals surface area (Å²) in [5.74, 6) is 0.609. The van der Waals surface area contributed by atoms with Gasteiger partial charge in [0, 0.05) is 36.6 Å². The molecule has 0 fully saturated rings. The number of hydrogen-bond donors (Lipinski definition) is 2. The van der Waals surface area contributed by atoms with Gasteiger partial charge in [0.05, 0.1) is 5.69 Å². The van der Waals surface area contributed by atoms with Gasteiger partial charge in [0.15, 0.2) is 0 Å². The van der Waals surface area contributed by atoms with Gasteiger partial charge < -0.3 is 10.3 Å². The smallest absolute Gasteiger partial charge is 0.251 e. The van der Waals surface area contributed by atoms with Crippen LogP contribution in [0, 0.1) is 0 Å². The van der Waals surface area contributed by atoms with Gasteiger partial charge in [-0.3, -0.25) is 9.78 Å². The molecule has 20 heavy (non-hydrogen) atoms. The molecule has 5 nitrogen and oxygen atoms in total. The molecule has 0 radical (unpaired) electrons. The zero-order valence-corrected chi connectivity index (χ0v) is 12.1. The lowest BCUT2D eigenvalue weighted by Gasteiger charge is -2.10. The van der Waals surface area contributed by atoms with Crippen LogP contribution in [0.15, 0.2) is 29.3 Å². The summed E-state index contributed by atoms with van der Waals surface area (Å²) in [6, 6.07) is 3.77. The first-order valence-corrected chi connectivity index (χ1v) is 6.87. The van der Waals surface area contributed by atoms with E-state index in [-0.39, 0.29) is 5.56 Å². The number of aromatic nitrogens is 3. The van der Waals surface area contributed by atoms with E-state index in [0.29, 0.717) is 18.4 Å². The minimum Gasteiger partial charge on any atom is -0.309 e. The SMILES string of the molecule is CCc1cnccc1-c1nc(CNC(C)C)cc(=O)[nH]1. The summed E-state index contributed by atoms with van der Waals surface area (Å²) in [7, 11) is 0. The van der Waals surface area contributed by atoms with Crippen molar-refractivity contribution in [3.05, 3.63) is 46.1 Å². The fourth-order valence-electron chi connectivity index (χ4n) is 1.97. The van der Waals surface area contributed by atoms with Gasteiger partial charge in [-0.05, 0) is 18.1 Å². The molecule has 0 saturated heterocycles. The second kappa shape index (κ2) is 6.43. The van der Waals surface area contributed by atoms with E-state index in [1.54, 1.807) is 6.20 Å². The summed E-state index contributed by atoms with van der Waals surface area (Å²) in [5, 5.41) is 3.27. The number of aryl methyl sites for hydroxylation is 1. The van der Waals surface area contributed by atoms with Crippen LogP contribution in [0.2, 0.25) is 0 Å². The quantitative estimate of drug-likeness (QED) is 0.872. The number of H-pyrrole nitrogens is 1. The second-order valence-electron chi connectivity index (χ2n) is 5.01. The van der Waals surface area contributed by atoms with Crippen LogP contribution >= 0.6 is 0 Å². The van der Waals surface area contributed by atoms with E-state index in [1.807, 2.05) is 12.3 Å². The maximum atomic E-state index is 11.8. The first-order valence-electron chi connectivity index (χ1n) is 6.87. The molecule has 2 N–H and O–H groups in total. The van der Waals surface area contributed by atoms with Gasteiger partial charge in [0.25, 0.3) is 5.56 Å². The fourth-order valence-corrected chi connectivity index (χ4v) is 1.97. The molecule has 106 valence electrons. The Hall–Kier alpha value is -2.01. The standard InChI is InChI=1S/C15H20N4O/c1-4-11-8-16-6-5-13(11)15-18-12(7-14(20)19-15)9-17-10(2)3/h5-8,10,17H,4,9H2,1-3H3,(H,18,19,20). The topological polar surface area (TPSA) is 70.7 Å². The van der Waals surface area contributed by atoms with Crippen LogP contribution in [0.5, 0.6) is 0 Å². The molecule has 2 rings (SSSR count). The molecule has 0 aliphatic rings. The molecule has 0 saturated carbocycles. The Balaban J connectivity index is 2.39. The van der Waals surface area contributed by atoms with Crippen molar-refractivity contribution < 1.29 is 0 Å². The number of rotatable bonds is 5. The Morgan fingerprint density at radius 2 is 2.20 bits per heavy atom. The minimum atomic E-state index is -0.130. The van der Waals surface area contributed by atoms with Crippen LogP contribution in [0.1, 0.15) is 32.0 Å². The highest BCUT2D eigenvalue weighted by atomic mass is 16.1. The maximum absolute atomic E-state index is 11.8. The zero-order valence-electron chi connectivity index (χ0n) is 12.1. The van der Waals surface area contributed by atoms with Crippen LogP contribution in [0.4, 0.5) is 0 Å². The maximum Gasteiger partial charge on any atom is 0.251 e. The minimum absolute atomic E-state index is 0.130.